The molecular formula is C22H25N3O. The van der Waals surface area contributed by atoms with E-state index in [1.165, 1.54) is 5.56 Å². The van der Waals surface area contributed by atoms with Gasteiger partial charge in [-0.15, -0.1) is 0 Å². The van der Waals surface area contributed by atoms with Gasteiger partial charge in [-0.05, 0) is 48.1 Å². The van der Waals surface area contributed by atoms with Gasteiger partial charge in [-0.25, -0.2) is 4.98 Å². The van der Waals surface area contributed by atoms with Crippen molar-refractivity contribution in [1.82, 2.24) is 14.9 Å². The van der Waals surface area contributed by atoms with E-state index in [-0.39, 0.29) is 17.4 Å². The Balaban J connectivity index is 1.60. The fourth-order valence-electron chi connectivity index (χ4n) is 3.70. The second-order valence-corrected chi connectivity index (χ2v) is 8.12. The van der Waals surface area contributed by atoms with Crippen LogP contribution in [-0.2, 0) is 5.41 Å². The van der Waals surface area contributed by atoms with E-state index in [4.69, 9.17) is 4.98 Å². The molecule has 1 atom stereocenters. The van der Waals surface area contributed by atoms with Gasteiger partial charge in [-0.2, -0.15) is 0 Å². The number of fused-ring (bicyclic) bond motifs is 1. The Morgan fingerprint density at radius 2 is 1.85 bits per heavy atom. The van der Waals surface area contributed by atoms with Crippen LogP contribution in [0.5, 0.6) is 0 Å². The molecule has 1 aliphatic heterocycles. The number of aromatic nitrogens is 2. The van der Waals surface area contributed by atoms with Crippen molar-refractivity contribution in [2.45, 2.75) is 45.1 Å². The van der Waals surface area contributed by atoms with Crippen LogP contribution in [0, 0.1) is 0 Å². The molecule has 1 aliphatic rings. The van der Waals surface area contributed by atoms with Crippen LogP contribution in [0.15, 0.2) is 48.5 Å². The number of imidazole rings is 1. The average molecular weight is 347 g/mol. The summed E-state index contributed by atoms with van der Waals surface area (Å²) >= 11 is 0. The van der Waals surface area contributed by atoms with Gasteiger partial charge in [-0.3, -0.25) is 4.79 Å². The van der Waals surface area contributed by atoms with E-state index < -0.39 is 0 Å². The zero-order chi connectivity index (χ0) is 18.3. The van der Waals surface area contributed by atoms with Gasteiger partial charge in [0.2, 0.25) is 0 Å². The minimum atomic E-state index is 0.0252. The maximum Gasteiger partial charge on any atom is 0.254 e. The molecule has 1 saturated heterocycles. The third-order valence-corrected chi connectivity index (χ3v) is 5.23. The topological polar surface area (TPSA) is 49.0 Å². The van der Waals surface area contributed by atoms with Crippen molar-refractivity contribution in [3.05, 3.63) is 65.5 Å². The molecule has 4 nitrogen and oxygen atoms in total. The lowest BCUT2D eigenvalue weighted by Crippen LogP contribution is -2.31. The zero-order valence-corrected chi connectivity index (χ0v) is 15.6. The van der Waals surface area contributed by atoms with Crippen LogP contribution in [-0.4, -0.2) is 27.3 Å². The molecule has 0 unspecified atom stereocenters. The van der Waals surface area contributed by atoms with Crippen molar-refractivity contribution in [2.75, 3.05) is 6.54 Å². The number of aromatic amines is 1. The molecule has 2 heterocycles. The highest BCUT2D eigenvalue weighted by molar-refractivity contribution is 5.94. The van der Waals surface area contributed by atoms with Crippen LogP contribution < -0.4 is 0 Å². The zero-order valence-electron chi connectivity index (χ0n) is 15.6. The van der Waals surface area contributed by atoms with Crippen molar-refractivity contribution in [3.63, 3.8) is 0 Å². The fraction of sp³-hybridized carbons (Fsp3) is 0.364. The predicted octanol–water partition coefficient (Wildman–Crippen LogP) is 4.84. The summed E-state index contributed by atoms with van der Waals surface area (Å²) in [6, 6.07) is 16.1. The van der Waals surface area contributed by atoms with E-state index in [0.29, 0.717) is 0 Å². The first-order chi connectivity index (χ1) is 12.4. The minimum Gasteiger partial charge on any atom is -0.340 e. The van der Waals surface area contributed by atoms with E-state index in [2.05, 4.69) is 37.9 Å². The van der Waals surface area contributed by atoms with Gasteiger partial charge in [0.15, 0.2) is 0 Å². The summed E-state index contributed by atoms with van der Waals surface area (Å²) in [7, 11) is 0. The number of rotatable bonds is 2. The molecule has 0 radical (unpaired) electrons. The molecule has 4 heteroatoms. The highest BCUT2D eigenvalue weighted by Gasteiger charge is 2.32. The van der Waals surface area contributed by atoms with Crippen molar-refractivity contribution < 1.29 is 4.79 Å². The number of nitrogens with zero attached hydrogens (tertiary/aromatic N) is 2. The maximum atomic E-state index is 13.1. The highest BCUT2D eigenvalue weighted by Crippen LogP contribution is 2.33. The van der Waals surface area contributed by atoms with Gasteiger partial charge in [-0.1, -0.05) is 45.0 Å². The lowest BCUT2D eigenvalue weighted by Gasteiger charge is -2.24. The number of likely N-dealkylation sites (tertiary alicyclic amines) is 1. The Kier molecular flexibility index (Phi) is 4.06. The summed E-state index contributed by atoms with van der Waals surface area (Å²) in [6.45, 7) is 7.33. The van der Waals surface area contributed by atoms with Gasteiger partial charge in [0.1, 0.15) is 5.82 Å². The number of benzene rings is 2. The molecule has 134 valence electrons. The van der Waals surface area contributed by atoms with Crippen molar-refractivity contribution in [3.8, 4) is 0 Å². The summed E-state index contributed by atoms with van der Waals surface area (Å²) in [5.41, 5.74) is 4.06. The standard InChI is InChI=1S/C22H25N3O/c1-22(2,3)16-12-10-15(11-13-16)21(26)25-14-6-9-19(25)20-23-17-7-4-5-8-18(17)24-20/h4-5,7-8,10-13,19H,6,9,14H2,1-3H3,(H,23,24)/t19-/m1/s1. The van der Waals surface area contributed by atoms with Crippen LogP contribution in [0.2, 0.25) is 0 Å². The average Bonchev–Trinajstić information content (AvgIpc) is 3.26. The largest absolute Gasteiger partial charge is 0.340 e. The van der Waals surface area contributed by atoms with E-state index in [1.807, 2.05) is 41.3 Å². The minimum absolute atomic E-state index is 0.0252. The van der Waals surface area contributed by atoms with Crippen LogP contribution in [0.25, 0.3) is 11.0 Å². The van der Waals surface area contributed by atoms with E-state index in [0.717, 1.165) is 41.8 Å². The summed E-state index contributed by atoms with van der Waals surface area (Å²) in [5.74, 6) is 0.983. The lowest BCUT2D eigenvalue weighted by atomic mass is 9.86. The summed E-state index contributed by atoms with van der Waals surface area (Å²) in [4.78, 5) is 23.2. The molecule has 3 aromatic rings. The molecule has 1 N–H and O–H groups in total. The van der Waals surface area contributed by atoms with Gasteiger partial charge < -0.3 is 9.88 Å². The number of amides is 1. The number of hydrogen-bond donors (Lipinski definition) is 1. The fourth-order valence-corrected chi connectivity index (χ4v) is 3.70. The molecule has 1 amide bonds. The SMILES string of the molecule is CC(C)(C)c1ccc(C(=O)N2CCC[C@@H]2c2nc3ccccc3[nH]2)cc1. The summed E-state index contributed by atoms with van der Waals surface area (Å²) in [6.07, 6.45) is 1.96. The van der Waals surface area contributed by atoms with Gasteiger partial charge in [0.25, 0.3) is 5.91 Å². The number of nitrogens with one attached hydrogen (secondary N) is 1. The van der Waals surface area contributed by atoms with Gasteiger partial charge in [0, 0.05) is 12.1 Å². The lowest BCUT2D eigenvalue weighted by molar-refractivity contribution is 0.0730. The smallest absolute Gasteiger partial charge is 0.254 e. The highest BCUT2D eigenvalue weighted by atomic mass is 16.2. The number of hydrogen-bond acceptors (Lipinski definition) is 2. The first-order valence-electron chi connectivity index (χ1n) is 9.30. The quantitative estimate of drug-likeness (QED) is 0.721. The first-order valence-corrected chi connectivity index (χ1v) is 9.30. The third kappa shape index (κ3) is 3.00. The van der Waals surface area contributed by atoms with Crippen LogP contribution in [0.1, 0.15) is 61.4 Å². The Morgan fingerprint density at radius 3 is 2.54 bits per heavy atom. The molecule has 0 aliphatic carbocycles. The summed E-state index contributed by atoms with van der Waals surface area (Å²) < 4.78 is 0. The number of H-pyrrole nitrogens is 1. The monoisotopic (exact) mass is 347 g/mol. The van der Waals surface area contributed by atoms with E-state index >= 15 is 0 Å². The normalized spacial score (nSPS) is 17.8. The third-order valence-electron chi connectivity index (χ3n) is 5.23. The summed E-state index contributed by atoms with van der Waals surface area (Å²) in [5, 5.41) is 0. The van der Waals surface area contributed by atoms with Crippen molar-refractivity contribution in [1.29, 1.82) is 0 Å². The number of carbonyl (C=O) groups excluding carboxylic acids is 1. The molecule has 1 fully saturated rings. The first kappa shape index (κ1) is 16.8. The van der Waals surface area contributed by atoms with E-state index in [1.54, 1.807) is 0 Å². The second kappa shape index (κ2) is 6.27. The van der Waals surface area contributed by atoms with Crippen LogP contribution >= 0.6 is 0 Å². The van der Waals surface area contributed by atoms with Crippen LogP contribution in [0.3, 0.4) is 0 Å². The predicted molar refractivity (Wildman–Crippen MR) is 104 cm³/mol. The Bertz CT molecular complexity index is 901. The van der Waals surface area contributed by atoms with Gasteiger partial charge in [0.05, 0.1) is 17.1 Å². The molecule has 26 heavy (non-hydrogen) atoms. The van der Waals surface area contributed by atoms with Crippen molar-refractivity contribution >= 4 is 16.9 Å². The van der Waals surface area contributed by atoms with E-state index in [9.17, 15) is 4.79 Å². The Morgan fingerprint density at radius 1 is 1.12 bits per heavy atom. The molecule has 1 aromatic heterocycles. The van der Waals surface area contributed by atoms with Crippen molar-refractivity contribution in [2.24, 2.45) is 0 Å². The maximum absolute atomic E-state index is 13.1. The molecule has 2 aromatic carbocycles. The number of carbonyl (C=O) groups is 1. The molecule has 0 spiro atoms. The van der Waals surface area contributed by atoms with Gasteiger partial charge >= 0.3 is 0 Å². The molecular weight excluding hydrogens is 322 g/mol. The van der Waals surface area contributed by atoms with Crippen LogP contribution in [0.4, 0.5) is 0 Å². The molecule has 4 rings (SSSR count). The second-order valence-electron chi connectivity index (χ2n) is 8.12. The molecule has 0 saturated carbocycles. The number of para-hydroxylation sites is 2. The Hall–Kier alpha value is -2.62. The molecule has 0 bridgehead atoms. The Labute approximate surface area is 154 Å².